The van der Waals surface area contributed by atoms with Crippen LogP contribution in [0.25, 0.3) is 0 Å². The average molecular weight is 200 g/mol. The Morgan fingerprint density at radius 3 is 2.71 bits per heavy atom. The monoisotopic (exact) mass is 200 g/mol. The molecule has 0 fully saturated rings. The zero-order valence-corrected chi connectivity index (χ0v) is 8.29. The van der Waals surface area contributed by atoms with Crippen molar-refractivity contribution in [3.8, 4) is 0 Å². The maximum absolute atomic E-state index is 11.3. The van der Waals surface area contributed by atoms with Crippen LogP contribution in [0.1, 0.15) is 12.8 Å². The summed E-state index contributed by atoms with van der Waals surface area (Å²) in [6.07, 6.45) is 2.00. The SMILES string of the molecule is C=CCOC(=O)[C@H](CCC(N)=O)NC. The van der Waals surface area contributed by atoms with E-state index in [0.717, 1.165) is 0 Å². The molecular formula is C9H16N2O3. The molecule has 5 nitrogen and oxygen atoms in total. The Bertz CT molecular complexity index is 216. The van der Waals surface area contributed by atoms with Gasteiger partial charge in [-0.3, -0.25) is 9.59 Å². The van der Waals surface area contributed by atoms with Crippen molar-refractivity contribution in [3.05, 3.63) is 12.7 Å². The van der Waals surface area contributed by atoms with E-state index in [1.807, 2.05) is 0 Å². The highest BCUT2D eigenvalue weighted by atomic mass is 16.5. The van der Waals surface area contributed by atoms with Crippen LogP contribution in [0.2, 0.25) is 0 Å². The summed E-state index contributed by atoms with van der Waals surface area (Å²) >= 11 is 0. The normalized spacial score (nSPS) is 11.8. The van der Waals surface area contributed by atoms with Crippen LogP contribution in [0.15, 0.2) is 12.7 Å². The number of rotatable bonds is 7. The summed E-state index contributed by atoms with van der Waals surface area (Å²) in [7, 11) is 1.63. The zero-order valence-electron chi connectivity index (χ0n) is 8.29. The topological polar surface area (TPSA) is 81.4 Å². The standard InChI is InChI=1S/C9H16N2O3/c1-3-6-14-9(13)7(11-2)4-5-8(10)12/h3,7,11H,1,4-6H2,2H3,(H2,10,12)/t7-/m0/s1. The molecule has 14 heavy (non-hydrogen) atoms. The van der Waals surface area contributed by atoms with Gasteiger partial charge >= 0.3 is 5.97 Å². The van der Waals surface area contributed by atoms with Gasteiger partial charge in [-0.25, -0.2) is 0 Å². The van der Waals surface area contributed by atoms with Crippen LogP contribution in [0.5, 0.6) is 0 Å². The maximum Gasteiger partial charge on any atom is 0.323 e. The van der Waals surface area contributed by atoms with Crippen LogP contribution in [0, 0.1) is 0 Å². The van der Waals surface area contributed by atoms with Crippen LogP contribution in [-0.2, 0) is 14.3 Å². The minimum atomic E-state index is -0.484. The lowest BCUT2D eigenvalue weighted by molar-refractivity contribution is -0.145. The molecule has 0 saturated heterocycles. The first-order chi connectivity index (χ1) is 6.61. The fourth-order valence-corrected chi connectivity index (χ4v) is 0.908. The molecule has 0 spiro atoms. The number of esters is 1. The van der Waals surface area contributed by atoms with E-state index < -0.39 is 17.9 Å². The second-order valence-corrected chi connectivity index (χ2v) is 2.76. The van der Waals surface area contributed by atoms with Gasteiger partial charge in [-0.15, -0.1) is 0 Å². The number of hydrogen-bond acceptors (Lipinski definition) is 4. The summed E-state index contributed by atoms with van der Waals surface area (Å²) in [6, 6.07) is -0.484. The van der Waals surface area contributed by atoms with E-state index in [2.05, 4.69) is 11.9 Å². The predicted octanol–water partition coefficient (Wildman–Crippen LogP) is -0.431. The molecule has 0 aliphatic heterocycles. The van der Waals surface area contributed by atoms with Crippen molar-refractivity contribution < 1.29 is 14.3 Å². The van der Waals surface area contributed by atoms with Crippen molar-refractivity contribution >= 4 is 11.9 Å². The summed E-state index contributed by atoms with van der Waals surface area (Å²) in [5, 5.41) is 2.75. The van der Waals surface area contributed by atoms with Gasteiger partial charge in [0.25, 0.3) is 0 Å². The van der Waals surface area contributed by atoms with Gasteiger partial charge in [-0.2, -0.15) is 0 Å². The van der Waals surface area contributed by atoms with Gasteiger partial charge in [-0.05, 0) is 13.5 Å². The Kier molecular flexibility index (Phi) is 6.39. The van der Waals surface area contributed by atoms with E-state index in [1.165, 1.54) is 6.08 Å². The fraction of sp³-hybridized carbons (Fsp3) is 0.556. The van der Waals surface area contributed by atoms with Gasteiger partial charge in [0, 0.05) is 6.42 Å². The van der Waals surface area contributed by atoms with Crippen LogP contribution < -0.4 is 11.1 Å². The lowest BCUT2D eigenvalue weighted by Gasteiger charge is -2.13. The van der Waals surface area contributed by atoms with Gasteiger partial charge in [0.2, 0.25) is 5.91 Å². The molecule has 80 valence electrons. The molecule has 0 aromatic rings. The van der Waals surface area contributed by atoms with Crippen LogP contribution >= 0.6 is 0 Å². The Labute approximate surface area is 83.3 Å². The number of carbonyl (C=O) groups is 2. The van der Waals surface area contributed by atoms with E-state index >= 15 is 0 Å². The zero-order chi connectivity index (χ0) is 11.0. The first kappa shape index (κ1) is 12.6. The maximum atomic E-state index is 11.3. The lowest BCUT2D eigenvalue weighted by Crippen LogP contribution is -2.36. The molecule has 0 bridgehead atoms. The number of ether oxygens (including phenoxy) is 1. The predicted molar refractivity (Wildman–Crippen MR) is 52.4 cm³/mol. The first-order valence-corrected chi connectivity index (χ1v) is 4.35. The molecule has 0 aromatic carbocycles. The molecule has 1 amide bonds. The summed E-state index contributed by atoms with van der Waals surface area (Å²) in [5.74, 6) is -0.824. The van der Waals surface area contributed by atoms with Gasteiger partial charge in [0.15, 0.2) is 0 Å². The molecule has 1 atom stereocenters. The molecule has 0 aromatic heterocycles. The molecule has 0 aliphatic carbocycles. The van der Waals surface area contributed by atoms with Gasteiger partial charge in [0.05, 0.1) is 0 Å². The third-order valence-electron chi connectivity index (χ3n) is 1.66. The third-order valence-corrected chi connectivity index (χ3v) is 1.66. The van der Waals surface area contributed by atoms with Crippen molar-refractivity contribution in [2.45, 2.75) is 18.9 Å². The minimum Gasteiger partial charge on any atom is -0.460 e. The van der Waals surface area contributed by atoms with Gasteiger partial charge in [0.1, 0.15) is 12.6 Å². The van der Waals surface area contributed by atoms with Gasteiger partial charge < -0.3 is 15.8 Å². The Morgan fingerprint density at radius 1 is 1.64 bits per heavy atom. The number of amides is 1. The number of nitrogens with one attached hydrogen (secondary N) is 1. The molecular weight excluding hydrogens is 184 g/mol. The van der Waals surface area contributed by atoms with E-state index in [0.29, 0.717) is 6.42 Å². The Morgan fingerprint density at radius 2 is 2.29 bits per heavy atom. The van der Waals surface area contributed by atoms with E-state index in [1.54, 1.807) is 7.05 Å². The number of primary amides is 1. The Balaban J connectivity index is 3.92. The minimum absolute atomic E-state index is 0.161. The Hall–Kier alpha value is -1.36. The summed E-state index contributed by atoms with van der Waals surface area (Å²) in [4.78, 5) is 21.7. The second-order valence-electron chi connectivity index (χ2n) is 2.76. The van der Waals surface area contributed by atoms with Crippen LogP contribution in [-0.4, -0.2) is 31.6 Å². The number of likely N-dealkylation sites (N-methyl/N-ethyl adjacent to an activating group) is 1. The van der Waals surface area contributed by atoms with Crippen molar-refractivity contribution in [2.24, 2.45) is 5.73 Å². The van der Waals surface area contributed by atoms with Crippen LogP contribution in [0.3, 0.4) is 0 Å². The molecule has 0 radical (unpaired) electrons. The highest BCUT2D eigenvalue weighted by Crippen LogP contribution is 1.99. The summed E-state index contributed by atoms with van der Waals surface area (Å²) < 4.78 is 4.80. The lowest BCUT2D eigenvalue weighted by atomic mass is 10.1. The molecule has 0 unspecified atom stereocenters. The van der Waals surface area contributed by atoms with Gasteiger partial charge in [-0.1, -0.05) is 12.7 Å². The highest BCUT2D eigenvalue weighted by Gasteiger charge is 2.17. The molecule has 0 aliphatic rings. The quantitative estimate of drug-likeness (QED) is 0.431. The molecule has 5 heteroatoms. The summed E-state index contributed by atoms with van der Waals surface area (Å²) in [5.41, 5.74) is 4.96. The number of hydrogen-bond donors (Lipinski definition) is 2. The largest absolute Gasteiger partial charge is 0.460 e. The molecule has 0 heterocycles. The van der Waals surface area contributed by atoms with Crippen molar-refractivity contribution in [1.82, 2.24) is 5.32 Å². The van der Waals surface area contributed by atoms with E-state index in [4.69, 9.17) is 10.5 Å². The smallest absolute Gasteiger partial charge is 0.323 e. The number of carbonyl (C=O) groups excluding carboxylic acids is 2. The third kappa shape index (κ3) is 5.31. The van der Waals surface area contributed by atoms with Crippen molar-refractivity contribution in [2.75, 3.05) is 13.7 Å². The van der Waals surface area contributed by atoms with E-state index in [-0.39, 0.29) is 13.0 Å². The highest BCUT2D eigenvalue weighted by molar-refractivity contribution is 5.78. The fourth-order valence-electron chi connectivity index (χ4n) is 0.908. The second kappa shape index (κ2) is 7.08. The summed E-state index contributed by atoms with van der Waals surface area (Å²) in [6.45, 7) is 3.59. The van der Waals surface area contributed by atoms with E-state index in [9.17, 15) is 9.59 Å². The molecule has 0 saturated carbocycles. The number of nitrogens with two attached hydrogens (primary N) is 1. The van der Waals surface area contributed by atoms with Crippen molar-refractivity contribution in [1.29, 1.82) is 0 Å². The molecule has 0 rings (SSSR count). The molecule has 3 N–H and O–H groups in total. The van der Waals surface area contributed by atoms with Crippen molar-refractivity contribution in [3.63, 3.8) is 0 Å². The average Bonchev–Trinajstić information content (AvgIpc) is 2.15. The van der Waals surface area contributed by atoms with Crippen LogP contribution in [0.4, 0.5) is 0 Å². The first-order valence-electron chi connectivity index (χ1n) is 4.35.